The van der Waals surface area contributed by atoms with Crippen LogP contribution in [0.5, 0.6) is 0 Å². The second-order valence-corrected chi connectivity index (χ2v) is 14.2. The maximum Gasteiger partial charge on any atom is 0.211 e. The quantitative estimate of drug-likeness (QED) is 0.117. The van der Waals surface area contributed by atoms with Crippen LogP contribution in [0.2, 0.25) is 0 Å². The molecule has 13 rings (SSSR count). The summed E-state index contributed by atoms with van der Waals surface area (Å²) in [6.45, 7) is 0. The Kier molecular flexibility index (Phi) is 5.70. The van der Waals surface area contributed by atoms with Gasteiger partial charge in [0.05, 0.1) is 57.4 Å². The van der Waals surface area contributed by atoms with Crippen molar-refractivity contribution in [3.05, 3.63) is 141 Å². The zero-order valence-electron chi connectivity index (χ0n) is 28.3. The number of Topliss-reactive ketones (excluding diaryl/α,β-unsaturated/α-hetero) is 2. The van der Waals surface area contributed by atoms with E-state index in [1.165, 1.54) is 0 Å². The van der Waals surface area contributed by atoms with Crippen molar-refractivity contribution in [3.8, 4) is 0 Å². The number of aromatic nitrogens is 8. The third kappa shape index (κ3) is 4.40. The molecule has 6 aromatic rings. The summed E-state index contributed by atoms with van der Waals surface area (Å²) in [6.07, 6.45) is 15.7. The van der Waals surface area contributed by atoms with Gasteiger partial charge in [0.1, 0.15) is 0 Å². The molecule has 0 fully saturated rings. The standard InChI is InChI=1S/C44H26N8O2/c53-43-41-37-33-17-29-9-5-25(47-29)13-21-1-2-22(45-21)14-26-6-10-30(48-26)18-34(51-33)38(37)42(44(43)54)40-36-20-32-12-8-28(50-32)16-24-4-3-23(46-24)15-27-7-11-31(49-27)19-35(52-36)39(40)41/h1-20,41-42,45-46,51-52H. The lowest BCUT2D eigenvalue weighted by molar-refractivity contribution is -0.138. The van der Waals surface area contributed by atoms with Crippen LogP contribution in [0.15, 0.2) is 72.8 Å². The Bertz CT molecular complexity index is 2830. The van der Waals surface area contributed by atoms with Crippen molar-refractivity contribution in [1.82, 2.24) is 39.9 Å². The van der Waals surface area contributed by atoms with Crippen molar-refractivity contribution >= 4 is 104 Å². The largest absolute Gasteiger partial charge is 0.355 e. The van der Waals surface area contributed by atoms with Crippen LogP contribution in [0.4, 0.5) is 0 Å². The number of fused-ring (bicyclic) bond motifs is 17. The summed E-state index contributed by atoms with van der Waals surface area (Å²) in [5.41, 5.74) is 15.9. The number of rotatable bonds is 0. The summed E-state index contributed by atoms with van der Waals surface area (Å²) < 4.78 is 0. The molecule has 10 heterocycles. The average Bonchev–Trinajstić information content (AvgIpc) is 4.00. The fraction of sp³-hybridized carbons (Fsp3) is 0.0455. The van der Waals surface area contributed by atoms with Gasteiger partial charge in [-0.1, -0.05) is 0 Å². The van der Waals surface area contributed by atoms with Crippen LogP contribution in [-0.4, -0.2) is 51.4 Å². The molecular formula is C44H26N8O2. The number of nitrogens with one attached hydrogen (secondary N) is 4. The van der Waals surface area contributed by atoms with Gasteiger partial charge in [0.25, 0.3) is 0 Å². The Morgan fingerprint density at radius 2 is 0.574 bits per heavy atom. The SMILES string of the molecule is O=C1C(=O)C2c3c(c4cc5nc(cc6ccc(cc7nc(cc3[nH]4)C=C7)[nH]6)C=C5)C1c1c2c2cc3nc(cc4ccc(cc5nc(cc1[nH]2)C=C5)[nH]4)C=C3. The summed E-state index contributed by atoms with van der Waals surface area (Å²) in [6, 6.07) is 23.9. The minimum atomic E-state index is -0.852. The second kappa shape index (κ2) is 10.5. The van der Waals surface area contributed by atoms with E-state index in [0.717, 1.165) is 112 Å². The van der Waals surface area contributed by atoms with Crippen LogP contribution in [0.1, 0.15) is 79.6 Å². The van der Waals surface area contributed by atoms with E-state index in [4.69, 9.17) is 19.9 Å². The minimum absolute atomic E-state index is 0.428. The number of hydrogen-bond acceptors (Lipinski definition) is 6. The Hall–Kier alpha value is -7.46. The number of carbonyl (C=O) groups is 2. The van der Waals surface area contributed by atoms with E-state index in [1.807, 2.05) is 121 Å². The van der Waals surface area contributed by atoms with Crippen molar-refractivity contribution < 1.29 is 9.59 Å². The maximum absolute atomic E-state index is 14.3. The molecule has 0 spiro atoms. The van der Waals surface area contributed by atoms with Gasteiger partial charge in [0.15, 0.2) is 0 Å². The van der Waals surface area contributed by atoms with Crippen molar-refractivity contribution in [1.29, 1.82) is 0 Å². The Balaban J connectivity index is 1.19. The van der Waals surface area contributed by atoms with Gasteiger partial charge in [-0.3, -0.25) is 9.59 Å². The predicted molar refractivity (Wildman–Crippen MR) is 211 cm³/mol. The highest BCUT2D eigenvalue weighted by Crippen LogP contribution is 2.55. The number of nitrogens with zero attached hydrogens (tertiary/aromatic N) is 4. The third-order valence-corrected chi connectivity index (χ3v) is 10.8. The van der Waals surface area contributed by atoms with Crippen molar-refractivity contribution in [2.45, 2.75) is 11.8 Å². The summed E-state index contributed by atoms with van der Waals surface area (Å²) in [5.74, 6) is -2.56. The van der Waals surface area contributed by atoms with E-state index in [1.54, 1.807) is 0 Å². The number of ketones is 2. The molecule has 0 atom stereocenters. The molecule has 0 radical (unpaired) electrons. The van der Waals surface area contributed by atoms with Crippen LogP contribution >= 0.6 is 0 Å². The minimum Gasteiger partial charge on any atom is -0.355 e. The fourth-order valence-electron chi connectivity index (χ4n) is 8.58. The molecule has 0 aromatic carbocycles. The van der Waals surface area contributed by atoms with E-state index in [0.29, 0.717) is 0 Å². The lowest BCUT2D eigenvalue weighted by Crippen LogP contribution is -2.39. The molecule has 3 aliphatic carbocycles. The average molecular weight is 699 g/mol. The number of aromatic amines is 4. The highest BCUT2D eigenvalue weighted by atomic mass is 16.2. The second-order valence-electron chi connectivity index (χ2n) is 14.2. The number of H-pyrrole nitrogens is 4. The highest BCUT2D eigenvalue weighted by molar-refractivity contribution is 6.46. The first-order chi connectivity index (χ1) is 26.5. The van der Waals surface area contributed by atoms with Gasteiger partial charge in [-0.2, -0.15) is 0 Å². The van der Waals surface area contributed by atoms with Gasteiger partial charge in [-0.15, -0.1) is 0 Å². The van der Waals surface area contributed by atoms with Gasteiger partial charge < -0.3 is 19.9 Å². The molecule has 6 aromatic heterocycles. The van der Waals surface area contributed by atoms with E-state index < -0.39 is 23.4 Å². The van der Waals surface area contributed by atoms with E-state index in [-0.39, 0.29) is 0 Å². The van der Waals surface area contributed by atoms with Crippen LogP contribution in [-0.2, 0) is 9.59 Å². The first-order valence-corrected chi connectivity index (χ1v) is 17.8. The number of carbonyl (C=O) groups excluding carboxylic acids is 2. The lowest BCUT2D eigenvalue weighted by Gasteiger charge is -2.34. The molecule has 0 amide bonds. The molecular weight excluding hydrogens is 673 g/mol. The first-order valence-electron chi connectivity index (χ1n) is 17.8. The topological polar surface area (TPSA) is 149 Å². The summed E-state index contributed by atoms with van der Waals surface area (Å²) >= 11 is 0. The molecule has 4 aliphatic heterocycles. The molecule has 54 heavy (non-hydrogen) atoms. The van der Waals surface area contributed by atoms with Crippen LogP contribution in [0.3, 0.4) is 0 Å². The smallest absolute Gasteiger partial charge is 0.211 e. The molecule has 10 nitrogen and oxygen atoms in total. The van der Waals surface area contributed by atoms with Gasteiger partial charge in [0, 0.05) is 44.1 Å². The summed E-state index contributed by atoms with van der Waals surface area (Å²) in [4.78, 5) is 62.3. The Morgan fingerprint density at radius 3 is 0.833 bits per heavy atom. The van der Waals surface area contributed by atoms with Crippen molar-refractivity contribution in [3.63, 3.8) is 0 Å². The van der Waals surface area contributed by atoms with E-state index in [9.17, 15) is 9.59 Å². The normalized spacial score (nSPS) is 17.4. The van der Waals surface area contributed by atoms with E-state index >= 15 is 0 Å². The summed E-state index contributed by atoms with van der Waals surface area (Å²) in [7, 11) is 0. The monoisotopic (exact) mass is 698 g/mol. The molecule has 0 saturated heterocycles. The van der Waals surface area contributed by atoms with Crippen LogP contribution < -0.4 is 0 Å². The van der Waals surface area contributed by atoms with Gasteiger partial charge in [0.2, 0.25) is 11.6 Å². The zero-order valence-corrected chi connectivity index (χ0v) is 28.3. The van der Waals surface area contributed by atoms with Crippen LogP contribution in [0, 0.1) is 0 Å². The first kappa shape index (κ1) is 29.2. The molecule has 0 saturated carbocycles. The zero-order chi connectivity index (χ0) is 35.7. The maximum atomic E-state index is 14.3. The fourth-order valence-corrected chi connectivity index (χ4v) is 8.58. The molecule has 7 aliphatic rings. The molecule has 0 unspecified atom stereocenters. The Morgan fingerprint density at radius 1 is 0.333 bits per heavy atom. The van der Waals surface area contributed by atoms with Crippen molar-refractivity contribution in [2.75, 3.05) is 0 Å². The third-order valence-electron chi connectivity index (χ3n) is 10.8. The van der Waals surface area contributed by atoms with Crippen molar-refractivity contribution in [2.24, 2.45) is 0 Å². The lowest BCUT2D eigenvalue weighted by atomic mass is 9.63. The molecule has 4 N–H and O–H groups in total. The van der Waals surface area contributed by atoms with Gasteiger partial charge >= 0.3 is 0 Å². The van der Waals surface area contributed by atoms with Crippen LogP contribution in [0.25, 0.3) is 92.7 Å². The van der Waals surface area contributed by atoms with E-state index in [2.05, 4.69) is 19.9 Å². The highest BCUT2D eigenvalue weighted by Gasteiger charge is 2.52. The molecule has 254 valence electrons. The van der Waals surface area contributed by atoms with Gasteiger partial charge in [-0.05, 0) is 144 Å². The summed E-state index contributed by atoms with van der Waals surface area (Å²) in [5, 5.41) is 0. The molecule has 10 heteroatoms. The predicted octanol–water partition coefficient (Wildman–Crippen LogP) is 8.35. The van der Waals surface area contributed by atoms with Gasteiger partial charge in [-0.25, -0.2) is 19.9 Å². The Labute approximate surface area is 305 Å². The number of hydrogen-bond donors (Lipinski definition) is 4. The molecule has 18 bridgehead atoms.